The lowest BCUT2D eigenvalue weighted by Crippen LogP contribution is -2.49. The minimum absolute atomic E-state index is 0.0523. The van der Waals surface area contributed by atoms with Crippen LogP contribution in [0.4, 0.5) is 0 Å². The van der Waals surface area contributed by atoms with Gasteiger partial charge in [-0.2, -0.15) is 5.10 Å². The van der Waals surface area contributed by atoms with Gasteiger partial charge in [0.1, 0.15) is 6.10 Å². The third kappa shape index (κ3) is 10.6. The number of hydrazone groups is 1. The molecule has 3 amide bonds. The first kappa shape index (κ1) is 30.0. The van der Waals surface area contributed by atoms with Crippen LogP contribution in [0.25, 0.3) is 0 Å². The fourth-order valence-corrected chi connectivity index (χ4v) is 4.98. The van der Waals surface area contributed by atoms with Gasteiger partial charge in [-0.1, -0.05) is 43.2 Å². The molecule has 1 aromatic rings. The molecule has 1 aromatic carbocycles. The van der Waals surface area contributed by atoms with Crippen molar-refractivity contribution in [2.24, 2.45) is 5.10 Å². The number of amides is 3. The number of allylic oxidation sites excluding steroid dienone is 2. The van der Waals surface area contributed by atoms with Crippen molar-refractivity contribution in [1.82, 2.24) is 15.8 Å². The predicted octanol–water partition coefficient (Wildman–Crippen LogP) is 3.91. The Labute approximate surface area is 229 Å². The van der Waals surface area contributed by atoms with Gasteiger partial charge in [0.15, 0.2) is 0 Å². The zero-order valence-corrected chi connectivity index (χ0v) is 22.5. The number of benzene rings is 1. The molecule has 212 valence electrons. The Morgan fingerprint density at radius 1 is 1.03 bits per heavy atom. The summed E-state index contributed by atoms with van der Waals surface area (Å²) in [6, 6.07) is 7.52. The summed E-state index contributed by atoms with van der Waals surface area (Å²) in [5.41, 5.74) is 5.84. The molecule has 0 radical (unpaired) electrons. The first-order valence-electron chi connectivity index (χ1n) is 13.9. The number of hydroxylamine groups is 1. The minimum atomic E-state index is -0.432. The van der Waals surface area contributed by atoms with Crippen molar-refractivity contribution in [1.29, 1.82) is 0 Å². The normalized spacial score (nSPS) is 21.3. The van der Waals surface area contributed by atoms with E-state index in [1.165, 1.54) is 0 Å². The average molecular weight is 541 g/mol. The lowest BCUT2D eigenvalue weighted by atomic mass is 9.90. The molecular formula is C29H40N4O6. The summed E-state index contributed by atoms with van der Waals surface area (Å²) < 4.78 is 5.84. The molecule has 1 heterocycles. The highest BCUT2D eigenvalue weighted by molar-refractivity contribution is 5.82. The predicted molar refractivity (Wildman–Crippen MR) is 145 cm³/mol. The molecule has 0 aromatic heterocycles. The van der Waals surface area contributed by atoms with Crippen LogP contribution in [-0.2, 0) is 30.5 Å². The quantitative estimate of drug-likeness (QED) is 0.103. The van der Waals surface area contributed by atoms with E-state index in [0.717, 1.165) is 36.8 Å². The zero-order valence-electron chi connectivity index (χ0n) is 22.5. The minimum Gasteiger partial charge on any atom is -0.460 e. The van der Waals surface area contributed by atoms with Gasteiger partial charge in [-0.3, -0.25) is 24.4 Å². The summed E-state index contributed by atoms with van der Waals surface area (Å²) in [4.78, 5) is 50.6. The van der Waals surface area contributed by atoms with E-state index >= 15 is 0 Å². The van der Waals surface area contributed by atoms with Crippen LogP contribution >= 0.6 is 0 Å². The number of nitrogens with one attached hydrogen (secondary N) is 2. The number of rotatable bonds is 10. The van der Waals surface area contributed by atoms with E-state index in [1.807, 2.05) is 41.3 Å². The maximum absolute atomic E-state index is 13.3. The van der Waals surface area contributed by atoms with Crippen LogP contribution in [0.5, 0.6) is 0 Å². The molecule has 1 aliphatic carbocycles. The molecule has 0 unspecified atom stereocenters. The Kier molecular flexibility index (Phi) is 12.7. The molecule has 3 N–H and O–H groups in total. The molecule has 3 rings (SSSR count). The van der Waals surface area contributed by atoms with Gasteiger partial charge in [0.25, 0.3) is 0 Å². The SMILES string of the molecule is O=C(CCCCCC(=O)N/N=C/c1cccc(CN2C(=O)CC/C=C/CCC(=O)O[C@@H]3CCCC[C@H]32)c1)NO. The highest BCUT2D eigenvalue weighted by Gasteiger charge is 2.35. The van der Waals surface area contributed by atoms with Gasteiger partial charge in [-0.05, 0) is 62.1 Å². The second-order valence-corrected chi connectivity index (χ2v) is 10.1. The van der Waals surface area contributed by atoms with E-state index in [9.17, 15) is 19.2 Å². The second-order valence-electron chi connectivity index (χ2n) is 10.1. The number of nitrogens with zero attached hydrogens (tertiary/aromatic N) is 2. The summed E-state index contributed by atoms with van der Waals surface area (Å²) in [5, 5.41) is 12.5. The van der Waals surface area contributed by atoms with Gasteiger partial charge < -0.3 is 9.64 Å². The molecule has 10 heteroatoms. The Hall–Kier alpha value is -3.53. The van der Waals surface area contributed by atoms with Crippen molar-refractivity contribution in [2.45, 2.75) is 102 Å². The maximum Gasteiger partial charge on any atom is 0.306 e. The highest BCUT2D eigenvalue weighted by atomic mass is 16.5. The van der Waals surface area contributed by atoms with Crippen molar-refractivity contribution in [2.75, 3.05) is 0 Å². The molecule has 1 fully saturated rings. The van der Waals surface area contributed by atoms with E-state index in [4.69, 9.17) is 9.94 Å². The standard InChI is InChI=1S/C29H40N4O6/c34-26(15-4-3-5-16-27(35)32-38)31-30-20-22-11-10-12-23(19-22)21-33-24-13-8-9-14-25(24)39-29(37)18-7-2-1-6-17-28(33)36/h1-2,10-12,19-20,24-25,38H,3-9,13-18,21H2,(H,31,34)(H,32,35)/b2-1+,30-20+/t24-,25-/m1/s1. The van der Waals surface area contributed by atoms with Crippen LogP contribution in [0.2, 0.25) is 0 Å². The number of ether oxygens (including phenoxy) is 1. The van der Waals surface area contributed by atoms with Gasteiger partial charge >= 0.3 is 5.97 Å². The molecule has 0 spiro atoms. The largest absolute Gasteiger partial charge is 0.460 e. The number of unbranched alkanes of at least 4 members (excludes halogenated alkanes) is 2. The highest BCUT2D eigenvalue weighted by Crippen LogP contribution is 2.29. The molecule has 0 saturated heterocycles. The molecule has 0 bridgehead atoms. The Morgan fingerprint density at radius 2 is 1.77 bits per heavy atom. The molecule has 39 heavy (non-hydrogen) atoms. The van der Waals surface area contributed by atoms with Crippen LogP contribution in [-0.4, -0.2) is 52.2 Å². The van der Waals surface area contributed by atoms with E-state index in [-0.39, 0.29) is 42.8 Å². The number of fused-ring (bicyclic) bond motifs is 1. The molecule has 2 aliphatic rings. The summed E-state index contributed by atoms with van der Waals surface area (Å²) in [6.07, 6.45) is 13.2. The summed E-state index contributed by atoms with van der Waals surface area (Å²) in [5.74, 6) is -0.806. The molecule has 10 nitrogen and oxygen atoms in total. The monoisotopic (exact) mass is 540 g/mol. The van der Waals surface area contributed by atoms with E-state index in [2.05, 4.69) is 10.5 Å². The van der Waals surface area contributed by atoms with Crippen molar-refractivity contribution in [3.8, 4) is 0 Å². The van der Waals surface area contributed by atoms with E-state index in [1.54, 1.807) is 11.7 Å². The molecular weight excluding hydrogens is 500 g/mol. The van der Waals surface area contributed by atoms with Crippen molar-refractivity contribution in [3.63, 3.8) is 0 Å². The number of carbonyl (C=O) groups excluding carboxylic acids is 4. The third-order valence-electron chi connectivity index (χ3n) is 7.02. The van der Waals surface area contributed by atoms with E-state index < -0.39 is 5.91 Å². The topological polar surface area (TPSA) is 137 Å². The second kappa shape index (κ2) is 16.4. The smallest absolute Gasteiger partial charge is 0.306 e. The molecule has 1 aliphatic heterocycles. The van der Waals surface area contributed by atoms with Crippen LogP contribution in [0.3, 0.4) is 0 Å². The first-order chi connectivity index (χ1) is 19.0. The molecule has 1 saturated carbocycles. The summed E-state index contributed by atoms with van der Waals surface area (Å²) in [7, 11) is 0. The fraction of sp³-hybridized carbons (Fsp3) is 0.552. The van der Waals surface area contributed by atoms with Gasteiger partial charge in [0, 0.05) is 32.2 Å². The Bertz CT molecular complexity index is 1040. The average Bonchev–Trinajstić information content (AvgIpc) is 2.93. The third-order valence-corrected chi connectivity index (χ3v) is 7.02. The molecule has 2 atom stereocenters. The van der Waals surface area contributed by atoms with Crippen LogP contribution in [0, 0.1) is 0 Å². The zero-order chi connectivity index (χ0) is 27.9. The van der Waals surface area contributed by atoms with Gasteiger partial charge in [-0.15, -0.1) is 0 Å². The van der Waals surface area contributed by atoms with Crippen molar-refractivity contribution in [3.05, 3.63) is 47.5 Å². The lowest BCUT2D eigenvalue weighted by Gasteiger charge is -2.39. The number of hydrogen-bond acceptors (Lipinski definition) is 7. The van der Waals surface area contributed by atoms with Crippen molar-refractivity contribution >= 4 is 29.9 Å². The van der Waals surface area contributed by atoms with Crippen LogP contribution in [0.1, 0.15) is 94.6 Å². The Morgan fingerprint density at radius 3 is 2.56 bits per heavy atom. The van der Waals surface area contributed by atoms with Gasteiger partial charge in [-0.25, -0.2) is 10.9 Å². The first-order valence-corrected chi connectivity index (χ1v) is 13.9. The van der Waals surface area contributed by atoms with Crippen LogP contribution in [0.15, 0.2) is 41.5 Å². The van der Waals surface area contributed by atoms with E-state index in [0.29, 0.717) is 51.5 Å². The number of carbonyl (C=O) groups is 4. The fourth-order valence-electron chi connectivity index (χ4n) is 4.98. The van der Waals surface area contributed by atoms with Gasteiger partial charge in [0.05, 0.1) is 12.3 Å². The summed E-state index contributed by atoms with van der Waals surface area (Å²) >= 11 is 0. The Balaban J connectivity index is 1.59. The van der Waals surface area contributed by atoms with Gasteiger partial charge in [0.2, 0.25) is 17.7 Å². The summed E-state index contributed by atoms with van der Waals surface area (Å²) in [6.45, 7) is 0.406. The van der Waals surface area contributed by atoms with Crippen molar-refractivity contribution < 1.29 is 29.1 Å². The maximum atomic E-state index is 13.3. The lowest BCUT2D eigenvalue weighted by molar-refractivity contribution is -0.159. The number of hydrogen-bond donors (Lipinski definition) is 3. The number of esters is 1. The van der Waals surface area contributed by atoms with Crippen LogP contribution < -0.4 is 10.9 Å².